The van der Waals surface area contributed by atoms with Gasteiger partial charge in [-0.1, -0.05) is 0 Å². The van der Waals surface area contributed by atoms with E-state index in [2.05, 4.69) is 20.6 Å². The number of aromatic nitrogens is 2. The largest absolute Gasteiger partial charge is 0.367 e. The number of nitrogens with zero attached hydrogens (tertiary/aromatic N) is 3. The Kier molecular flexibility index (Phi) is 4.59. The molecular weight excluding hydrogens is 274 g/mol. The van der Waals surface area contributed by atoms with Gasteiger partial charge < -0.3 is 10.6 Å². The number of hydrogen-bond donors (Lipinski definition) is 2. The summed E-state index contributed by atoms with van der Waals surface area (Å²) in [5, 5.41) is 16.3. The summed E-state index contributed by atoms with van der Waals surface area (Å²) in [5.74, 6) is -0.0992. The summed E-state index contributed by atoms with van der Waals surface area (Å²) in [7, 11) is -1.68. The van der Waals surface area contributed by atoms with Crippen LogP contribution in [0, 0.1) is 10.1 Å². The molecule has 1 aromatic rings. The number of rotatable bonds is 6. The van der Waals surface area contributed by atoms with Gasteiger partial charge in [-0.3, -0.25) is 10.1 Å². The van der Waals surface area contributed by atoms with E-state index < -0.39 is 20.8 Å². The third-order valence-corrected chi connectivity index (χ3v) is 3.28. The van der Waals surface area contributed by atoms with Crippen molar-refractivity contribution in [1.82, 2.24) is 9.97 Å². The summed E-state index contributed by atoms with van der Waals surface area (Å²) in [5.41, 5.74) is -0.314. The number of nitrogens with one attached hydrogen (secondary N) is 2. The van der Waals surface area contributed by atoms with Gasteiger partial charge in [-0.05, 0) is 6.92 Å². The zero-order valence-electron chi connectivity index (χ0n) is 10.7. The average molecular weight is 289 g/mol. The summed E-state index contributed by atoms with van der Waals surface area (Å²) in [4.78, 5) is 17.9. The molecule has 1 aromatic heterocycles. The van der Waals surface area contributed by atoms with Crippen LogP contribution in [0.5, 0.6) is 0 Å². The molecule has 0 amide bonds. The molecule has 1 unspecified atom stereocenters. The van der Waals surface area contributed by atoms with E-state index in [1.807, 2.05) is 0 Å². The normalized spacial score (nSPS) is 12.8. The van der Waals surface area contributed by atoms with Crippen LogP contribution >= 0.6 is 0 Å². The van der Waals surface area contributed by atoms with Crippen molar-refractivity contribution in [3.05, 3.63) is 16.4 Å². The van der Waals surface area contributed by atoms with Crippen LogP contribution in [0.4, 0.5) is 17.3 Å². The van der Waals surface area contributed by atoms with Crippen molar-refractivity contribution in [2.45, 2.75) is 13.0 Å². The number of nitro groups is 1. The van der Waals surface area contributed by atoms with Crippen molar-refractivity contribution in [2.75, 3.05) is 29.7 Å². The Morgan fingerprint density at radius 2 is 2.00 bits per heavy atom. The quantitative estimate of drug-likeness (QED) is 0.564. The Bertz CT molecular complexity index is 574. The Balaban J connectivity index is 3.04. The first-order chi connectivity index (χ1) is 8.74. The average Bonchev–Trinajstić information content (AvgIpc) is 2.25. The third kappa shape index (κ3) is 4.32. The lowest BCUT2D eigenvalue weighted by Crippen LogP contribution is -2.26. The van der Waals surface area contributed by atoms with Crippen LogP contribution in [0.3, 0.4) is 0 Å². The first kappa shape index (κ1) is 15.1. The van der Waals surface area contributed by atoms with E-state index in [0.29, 0.717) is 0 Å². The highest BCUT2D eigenvalue weighted by molar-refractivity contribution is 7.90. The van der Waals surface area contributed by atoms with E-state index in [0.717, 1.165) is 12.6 Å². The zero-order chi connectivity index (χ0) is 14.6. The second-order valence-electron chi connectivity index (χ2n) is 4.06. The minimum absolute atomic E-state index is 0.0134. The number of sulfone groups is 1. The maximum atomic E-state index is 11.2. The van der Waals surface area contributed by atoms with Gasteiger partial charge in [-0.15, -0.1) is 0 Å². The predicted molar refractivity (Wildman–Crippen MR) is 71.0 cm³/mol. The molecule has 0 aliphatic heterocycles. The van der Waals surface area contributed by atoms with Crippen LogP contribution in [0.2, 0.25) is 0 Å². The Morgan fingerprint density at radius 3 is 2.47 bits per heavy atom. The summed E-state index contributed by atoms with van der Waals surface area (Å²) in [6.45, 7) is 1.60. The second-order valence-corrected chi connectivity index (χ2v) is 6.25. The molecule has 0 aliphatic rings. The molecule has 0 spiro atoms. The van der Waals surface area contributed by atoms with E-state index in [-0.39, 0.29) is 23.1 Å². The highest BCUT2D eigenvalue weighted by Crippen LogP contribution is 2.28. The van der Waals surface area contributed by atoms with E-state index in [1.54, 1.807) is 6.92 Å². The Labute approximate surface area is 110 Å². The maximum absolute atomic E-state index is 11.2. The zero-order valence-corrected chi connectivity index (χ0v) is 11.6. The molecule has 0 aromatic carbocycles. The van der Waals surface area contributed by atoms with E-state index in [4.69, 9.17) is 0 Å². The van der Waals surface area contributed by atoms with Gasteiger partial charge in [0.1, 0.15) is 16.2 Å². The predicted octanol–water partition coefficient (Wildman–Crippen LogP) is 0.272. The van der Waals surface area contributed by atoms with Gasteiger partial charge in [-0.2, -0.15) is 0 Å². The highest BCUT2D eigenvalue weighted by atomic mass is 32.2. The van der Waals surface area contributed by atoms with Crippen LogP contribution in [0.15, 0.2) is 6.33 Å². The van der Waals surface area contributed by atoms with Crippen molar-refractivity contribution in [1.29, 1.82) is 0 Å². The SMILES string of the molecule is CNc1ncnc(NC(C)CS(C)(=O)=O)c1[N+](=O)[O-]. The number of anilines is 2. The minimum atomic E-state index is -3.18. The standard InChI is InChI=1S/C9H15N5O4S/c1-6(4-19(3,17)18)13-9-7(14(15)16)8(10-2)11-5-12-9/h5-6H,4H2,1-3H3,(H2,10,11,12,13). The molecule has 0 saturated carbocycles. The molecule has 2 N–H and O–H groups in total. The van der Waals surface area contributed by atoms with Gasteiger partial charge >= 0.3 is 5.69 Å². The summed E-state index contributed by atoms with van der Waals surface area (Å²) < 4.78 is 22.3. The molecule has 0 fully saturated rings. The molecule has 106 valence electrons. The molecule has 0 radical (unpaired) electrons. The van der Waals surface area contributed by atoms with Gasteiger partial charge in [-0.25, -0.2) is 18.4 Å². The first-order valence-electron chi connectivity index (χ1n) is 5.36. The molecule has 1 heterocycles. The molecule has 9 nitrogen and oxygen atoms in total. The fourth-order valence-electron chi connectivity index (χ4n) is 1.57. The molecule has 10 heteroatoms. The van der Waals surface area contributed by atoms with Gasteiger partial charge in [0.15, 0.2) is 0 Å². The van der Waals surface area contributed by atoms with Crippen LogP contribution in [-0.2, 0) is 9.84 Å². The topological polar surface area (TPSA) is 127 Å². The lowest BCUT2D eigenvalue weighted by atomic mass is 10.3. The first-order valence-corrected chi connectivity index (χ1v) is 7.42. The van der Waals surface area contributed by atoms with E-state index >= 15 is 0 Å². The van der Waals surface area contributed by atoms with Crippen molar-refractivity contribution < 1.29 is 13.3 Å². The highest BCUT2D eigenvalue weighted by Gasteiger charge is 2.23. The van der Waals surface area contributed by atoms with Crippen LogP contribution < -0.4 is 10.6 Å². The monoisotopic (exact) mass is 289 g/mol. The van der Waals surface area contributed by atoms with Crippen molar-refractivity contribution in [3.8, 4) is 0 Å². The molecule has 0 aliphatic carbocycles. The Hall–Kier alpha value is -1.97. The summed E-state index contributed by atoms with van der Waals surface area (Å²) in [6, 6.07) is -0.506. The van der Waals surface area contributed by atoms with Crippen LogP contribution in [-0.4, -0.2) is 48.4 Å². The van der Waals surface area contributed by atoms with Crippen molar-refractivity contribution >= 4 is 27.2 Å². The molecule has 1 rings (SSSR count). The smallest absolute Gasteiger partial charge is 0.353 e. The molecule has 1 atom stereocenters. The van der Waals surface area contributed by atoms with Crippen molar-refractivity contribution in [3.63, 3.8) is 0 Å². The van der Waals surface area contributed by atoms with Gasteiger partial charge in [0.05, 0.1) is 10.7 Å². The Morgan fingerprint density at radius 1 is 1.42 bits per heavy atom. The molecule has 0 saturated heterocycles. The molecule has 19 heavy (non-hydrogen) atoms. The van der Waals surface area contributed by atoms with Gasteiger partial charge in [0, 0.05) is 19.3 Å². The van der Waals surface area contributed by atoms with Gasteiger partial charge in [0.25, 0.3) is 0 Å². The maximum Gasteiger partial charge on any atom is 0.353 e. The van der Waals surface area contributed by atoms with Crippen molar-refractivity contribution in [2.24, 2.45) is 0 Å². The lowest BCUT2D eigenvalue weighted by molar-refractivity contribution is -0.383. The van der Waals surface area contributed by atoms with E-state index in [1.165, 1.54) is 7.05 Å². The second kappa shape index (κ2) is 5.78. The summed E-state index contributed by atoms with van der Waals surface area (Å²) in [6.07, 6.45) is 2.26. The fraction of sp³-hybridized carbons (Fsp3) is 0.556. The van der Waals surface area contributed by atoms with E-state index in [9.17, 15) is 18.5 Å². The summed E-state index contributed by atoms with van der Waals surface area (Å²) >= 11 is 0. The fourth-order valence-corrected chi connectivity index (χ4v) is 2.56. The van der Waals surface area contributed by atoms with Crippen LogP contribution in [0.1, 0.15) is 6.92 Å². The van der Waals surface area contributed by atoms with Crippen LogP contribution in [0.25, 0.3) is 0 Å². The molecular formula is C9H15N5O4S. The third-order valence-electron chi connectivity index (χ3n) is 2.18. The molecule has 0 bridgehead atoms. The lowest BCUT2D eigenvalue weighted by Gasteiger charge is -2.13. The minimum Gasteiger partial charge on any atom is -0.367 e. The van der Waals surface area contributed by atoms with Gasteiger partial charge in [0.2, 0.25) is 11.6 Å². The number of hydrogen-bond acceptors (Lipinski definition) is 8.